The highest BCUT2D eigenvalue weighted by molar-refractivity contribution is 7.80. The normalized spacial score (nSPS) is 12.9. The Hall–Kier alpha value is -1.58. The van der Waals surface area contributed by atoms with E-state index in [1.54, 1.807) is 6.92 Å². The van der Waals surface area contributed by atoms with Crippen molar-refractivity contribution in [3.63, 3.8) is 0 Å². The summed E-state index contributed by atoms with van der Waals surface area (Å²) < 4.78 is 82.6. The average molecular weight is 361 g/mol. The number of rotatable bonds is 4. The number of nitrogens with one attached hydrogen (secondary N) is 1. The Balaban J connectivity index is 3.27. The van der Waals surface area contributed by atoms with Gasteiger partial charge in [0.25, 0.3) is 5.91 Å². The molecule has 0 aromatic heterocycles. The fourth-order valence-electron chi connectivity index (χ4n) is 1.75. The molecule has 0 fully saturated rings. The van der Waals surface area contributed by atoms with Crippen molar-refractivity contribution >= 4 is 18.5 Å². The summed E-state index contributed by atoms with van der Waals surface area (Å²) >= 11 is 3.15. The van der Waals surface area contributed by atoms with Crippen molar-refractivity contribution in [3.05, 3.63) is 29.3 Å². The highest BCUT2D eigenvalue weighted by atomic mass is 32.1. The molecule has 130 valence electrons. The summed E-state index contributed by atoms with van der Waals surface area (Å²) in [6.45, 7) is 1.60. The van der Waals surface area contributed by atoms with E-state index >= 15 is 0 Å². The van der Waals surface area contributed by atoms with Crippen molar-refractivity contribution in [1.82, 2.24) is 5.32 Å². The maximum absolute atomic E-state index is 12.9. The van der Waals surface area contributed by atoms with Crippen LogP contribution in [0.5, 0.6) is 5.75 Å². The number of alkyl halides is 6. The van der Waals surface area contributed by atoms with Gasteiger partial charge in [0.15, 0.2) is 0 Å². The molecular formula is C13H13F6NO2S. The van der Waals surface area contributed by atoms with Crippen LogP contribution in [0, 0.1) is 6.92 Å². The predicted molar refractivity (Wildman–Crippen MR) is 73.9 cm³/mol. The fraction of sp³-hybridized carbons (Fsp3) is 0.462. The van der Waals surface area contributed by atoms with Gasteiger partial charge < -0.3 is 10.1 Å². The number of amides is 1. The Labute approximate surface area is 133 Å². The summed E-state index contributed by atoms with van der Waals surface area (Å²) in [7, 11) is 1.26. The SMILES string of the molecule is COc1cc(C(=O)NC(CS)(C(F)(F)F)C(F)(F)F)ccc1C. The molecule has 0 radical (unpaired) electrons. The van der Waals surface area contributed by atoms with E-state index in [0.29, 0.717) is 5.56 Å². The van der Waals surface area contributed by atoms with Crippen LogP contribution in [0.1, 0.15) is 15.9 Å². The first-order valence-electron chi connectivity index (χ1n) is 6.11. The van der Waals surface area contributed by atoms with Gasteiger partial charge in [0.05, 0.1) is 7.11 Å². The molecule has 1 rings (SSSR count). The molecule has 23 heavy (non-hydrogen) atoms. The van der Waals surface area contributed by atoms with Crippen LogP contribution in [0.4, 0.5) is 26.3 Å². The van der Waals surface area contributed by atoms with Crippen LogP contribution in [-0.2, 0) is 0 Å². The summed E-state index contributed by atoms with van der Waals surface area (Å²) in [4.78, 5) is 11.9. The smallest absolute Gasteiger partial charge is 0.421 e. The van der Waals surface area contributed by atoms with E-state index in [9.17, 15) is 31.1 Å². The van der Waals surface area contributed by atoms with E-state index in [1.165, 1.54) is 13.2 Å². The molecule has 10 heteroatoms. The van der Waals surface area contributed by atoms with E-state index in [4.69, 9.17) is 4.74 Å². The first-order chi connectivity index (χ1) is 10.4. The monoisotopic (exact) mass is 361 g/mol. The topological polar surface area (TPSA) is 38.3 Å². The minimum atomic E-state index is -5.77. The third-order valence-electron chi connectivity index (χ3n) is 3.20. The fourth-order valence-corrected chi connectivity index (χ4v) is 2.19. The quantitative estimate of drug-likeness (QED) is 0.636. The second kappa shape index (κ2) is 6.50. The van der Waals surface area contributed by atoms with Gasteiger partial charge in [-0.05, 0) is 24.6 Å². The van der Waals surface area contributed by atoms with Crippen molar-refractivity contribution in [1.29, 1.82) is 0 Å². The number of hydrogen-bond acceptors (Lipinski definition) is 3. The molecule has 0 aliphatic carbocycles. The van der Waals surface area contributed by atoms with Crippen molar-refractivity contribution in [2.75, 3.05) is 12.9 Å². The molecule has 1 amide bonds. The number of aryl methyl sites for hydroxylation is 1. The molecule has 0 saturated heterocycles. The minimum Gasteiger partial charge on any atom is -0.496 e. The van der Waals surface area contributed by atoms with E-state index in [1.807, 2.05) is 0 Å². The number of benzene rings is 1. The Bertz CT molecular complexity index is 571. The molecule has 0 unspecified atom stereocenters. The van der Waals surface area contributed by atoms with Gasteiger partial charge in [-0.25, -0.2) is 0 Å². The van der Waals surface area contributed by atoms with Crippen LogP contribution in [0.25, 0.3) is 0 Å². The molecule has 0 heterocycles. The summed E-state index contributed by atoms with van der Waals surface area (Å²) in [5.74, 6) is -3.06. The van der Waals surface area contributed by atoms with Crippen LogP contribution < -0.4 is 10.1 Å². The number of carbonyl (C=O) groups is 1. The van der Waals surface area contributed by atoms with Gasteiger partial charge in [0, 0.05) is 11.3 Å². The summed E-state index contributed by atoms with van der Waals surface area (Å²) in [5, 5.41) is 1.03. The highest BCUT2D eigenvalue weighted by Crippen LogP contribution is 2.44. The van der Waals surface area contributed by atoms with Crippen LogP contribution in [0.3, 0.4) is 0 Å². The highest BCUT2D eigenvalue weighted by Gasteiger charge is 2.71. The Kier molecular flexibility index (Phi) is 5.50. The molecule has 0 saturated carbocycles. The van der Waals surface area contributed by atoms with Crippen molar-refractivity contribution in [3.8, 4) is 5.75 Å². The van der Waals surface area contributed by atoms with Crippen LogP contribution in [0.15, 0.2) is 18.2 Å². The number of methoxy groups -OCH3 is 1. The van der Waals surface area contributed by atoms with Gasteiger partial charge >= 0.3 is 12.4 Å². The van der Waals surface area contributed by atoms with Crippen LogP contribution in [0.2, 0.25) is 0 Å². The van der Waals surface area contributed by atoms with Gasteiger partial charge in [-0.3, -0.25) is 4.79 Å². The number of ether oxygens (including phenoxy) is 1. The Morgan fingerprint density at radius 2 is 1.70 bits per heavy atom. The average Bonchev–Trinajstić information content (AvgIpc) is 2.42. The Morgan fingerprint density at radius 1 is 1.17 bits per heavy atom. The molecule has 0 bridgehead atoms. The van der Waals surface area contributed by atoms with E-state index in [2.05, 4.69) is 12.6 Å². The second-order valence-corrected chi connectivity index (χ2v) is 5.01. The zero-order valence-electron chi connectivity index (χ0n) is 12.0. The third-order valence-corrected chi connectivity index (χ3v) is 3.68. The molecule has 0 atom stereocenters. The van der Waals surface area contributed by atoms with Gasteiger partial charge in [-0.2, -0.15) is 39.0 Å². The van der Waals surface area contributed by atoms with Crippen molar-refractivity contribution < 1.29 is 35.9 Å². The number of thiol groups is 1. The molecule has 0 aliphatic rings. The van der Waals surface area contributed by atoms with E-state index < -0.39 is 35.1 Å². The minimum absolute atomic E-state index is 0.160. The summed E-state index contributed by atoms with van der Waals surface area (Å²) in [6, 6.07) is 3.50. The van der Waals surface area contributed by atoms with Crippen molar-refractivity contribution in [2.45, 2.75) is 24.8 Å². The lowest BCUT2D eigenvalue weighted by Crippen LogP contribution is -2.69. The summed E-state index contributed by atoms with van der Waals surface area (Å²) in [6.07, 6.45) is -11.5. The molecule has 3 nitrogen and oxygen atoms in total. The van der Waals surface area contributed by atoms with E-state index in [0.717, 1.165) is 17.4 Å². The largest absolute Gasteiger partial charge is 0.496 e. The maximum atomic E-state index is 12.9. The molecule has 0 aliphatic heterocycles. The molecular weight excluding hydrogens is 348 g/mol. The lowest BCUT2D eigenvalue weighted by molar-refractivity contribution is -0.295. The van der Waals surface area contributed by atoms with Crippen LogP contribution in [-0.4, -0.2) is 36.7 Å². The van der Waals surface area contributed by atoms with Crippen LogP contribution >= 0.6 is 12.6 Å². The van der Waals surface area contributed by atoms with Gasteiger partial charge in [-0.15, -0.1) is 0 Å². The maximum Gasteiger partial charge on any atom is 0.421 e. The number of halogens is 6. The third kappa shape index (κ3) is 3.67. The molecule has 1 aromatic carbocycles. The Morgan fingerprint density at radius 3 is 2.09 bits per heavy atom. The van der Waals surface area contributed by atoms with E-state index in [-0.39, 0.29) is 5.75 Å². The molecule has 0 spiro atoms. The zero-order chi connectivity index (χ0) is 18.1. The zero-order valence-corrected chi connectivity index (χ0v) is 12.9. The molecule has 1 N–H and O–H groups in total. The first-order valence-corrected chi connectivity index (χ1v) is 6.74. The predicted octanol–water partition coefficient (Wildman–Crippen LogP) is 3.53. The number of carbonyl (C=O) groups excluding carboxylic acids is 1. The lowest BCUT2D eigenvalue weighted by atomic mass is 9.99. The van der Waals surface area contributed by atoms with Gasteiger partial charge in [-0.1, -0.05) is 6.07 Å². The van der Waals surface area contributed by atoms with Gasteiger partial charge in [0.2, 0.25) is 5.54 Å². The van der Waals surface area contributed by atoms with Crippen molar-refractivity contribution in [2.24, 2.45) is 0 Å². The number of hydrogen-bond donors (Lipinski definition) is 2. The first kappa shape index (κ1) is 19.5. The standard InChI is InChI=1S/C13H13F6NO2S/c1-7-3-4-8(5-9(7)22-2)10(21)20-11(6-23,12(14,15)16)13(17,18)19/h3-5,23H,6H2,1-2H3,(H,20,21). The lowest BCUT2D eigenvalue weighted by Gasteiger charge is -2.36. The molecule has 1 aromatic rings. The summed E-state index contributed by atoms with van der Waals surface area (Å²) in [5.41, 5.74) is -4.28. The van der Waals surface area contributed by atoms with Gasteiger partial charge in [0.1, 0.15) is 5.75 Å². The second-order valence-electron chi connectivity index (χ2n) is 4.70.